The fraction of sp³-hybridized carbons (Fsp3) is 0.385. The molecule has 0 aromatic carbocycles. The van der Waals surface area contributed by atoms with Gasteiger partial charge in [-0.1, -0.05) is 0 Å². The number of carboxylic acid groups (broad SMARTS) is 1. The largest absolute Gasteiger partial charge is 0.477 e. The zero-order chi connectivity index (χ0) is 15.0. The second kappa shape index (κ2) is 5.04. The fourth-order valence-corrected chi connectivity index (χ4v) is 2.65. The van der Waals surface area contributed by atoms with Gasteiger partial charge in [0.1, 0.15) is 5.69 Å². The lowest BCUT2D eigenvalue weighted by molar-refractivity contribution is 0.0616. The maximum absolute atomic E-state index is 12.4. The van der Waals surface area contributed by atoms with Crippen LogP contribution in [0.2, 0.25) is 0 Å². The van der Waals surface area contributed by atoms with Crippen molar-refractivity contribution in [3.63, 3.8) is 0 Å². The van der Waals surface area contributed by atoms with Crippen molar-refractivity contribution >= 4 is 17.9 Å². The van der Waals surface area contributed by atoms with Gasteiger partial charge in [0.2, 0.25) is 0 Å². The predicted octanol–water partition coefficient (Wildman–Crippen LogP) is -0.371. The third-order valence-corrected chi connectivity index (χ3v) is 3.75. The minimum Gasteiger partial charge on any atom is -0.477 e. The number of carboxylic acids is 1. The van der Waals surface area contributed by atoms with Gasteiger partial charge in [-0.05, 0) is 12.1 Å². The van der Waals surface area contributed by atoms with Crippen molar-refractivity contribution in [2.75, 3.05) is 26.2 Å². The molecule has 110 valence electrons. The Hall–Kier alpha value is -2.64. The molecule has 2 aliphatic rings. The molecule has 1 aromatic heterocycles. The Labute approximate surface area is 120 Å². The minimum atomic E-state index is -1.17. The van der Waals surface area contributed by atoms with E-state index in [1.807, 2.05) is 0 Å². The molecule has 0 saturated carbocycles. The summed E-state index contributed by atoms with van der Waals surface area (Å²) in [6, 6.07) is 2.66. The number of hydrogen-bond donors (Lipinski definition) is 2. The lowest BCUT2D eigenvalue weighted by atomic mass is 10.1. The highest BCUT2D eigenvalue weighted by atomic mass is 16.4. The Kier molecular flexibility index (Phi) is 3.20. The van der Waals surface area contributed by atoms with Crippen molar-refractivity contribution in [1.82, 2.24) is 20.1 Å². The Morgan fingerprint density at radius 1 is 1.38 bits per heavy atom. The molecule has 8 nitrogen and oxygen atoms in total. The second-order valence-corrected chi connectivity index (χ2v) is 5.02. The number of amides is 3. The summed E-state index contributed by atoms with van der Waals surface area (Å²) >= 11 is 0. The summed E-state index contributed by atoms with van der Waals surface area (Å²) in [5, 5.41) is 11.7. The number of piperazine rings is 1. The van der Waals surface area contributed by atoms with Crippen LogP contribution < -0.4 is 5.32 Å². The van der Waals surface area contributed by atoms with Gasteiger partial charge in [0.25, 0.3) is 5.91 Å². The van der Waals surface area contributed by atoms with E-state index in [1.54, 1.807) is 9.80 Å². The third-order valence-electron chi connectivity index (χ3n) is 3.75. The van der Waals surface area contributed by atoms with E-state index in [9.17, 15) is 14.4 Å². The van der Waals surface area contributed by atoms with Gasteiger partial charge in [0, 0.05) is 37.9 Å². The first-order valence-electron chi connectivity index (χ1n) is 6.59. The van der Waals surface area contributed by atoms with Crippen LogP contribution in [0.3, 0.4) is 0 Å². The summed E-state index contributed by atoms with van der Waals surface area (Å²) < 4.78 is 0. The first-order valence-corrected chi connectivity index (χ1v) is 6.59. The van der Waals surface area contributed by atoms with Crippen molar-refractivity contribution in [2.45, 2.75) is 6.04 Å². The Balaban J connectivity index is 1.75. The van der Waals surface area contributed by atoms with Crippen LogP contribution in [0.15, 0.2) is 18.3 Å². The average Bonchev–Trinajstić information content (AvgIpc) is 2.87. The maximum atomic E-state index is 12.4. The van der Waals surface area contributed by atoms with E-state index in [1.165, 1.54) is 18.3 Å². The van der Waals surface area contributed by atoms with Crippen LogP contribution in [-0.2, 0) is 0 Å². The number of carbonyl (C=O) groups excluding carboxylic acids is 2. The van der Waals surface area contributed by atoms with Crippen LogP contribution in [-0.4, -0.2) is 70.0 Å². The molecule has 21 heavy (non-hydrogen) atoms. The molecule has 0 bridgehead atoms. The first-order chi connectivity index (χ1) is 10.1. The summed E-state index contributed by atoms with van der Waals surface area (Å²) in [5.74, 6) is -1.40. The number of nitrogens with zero attached hydrogens (tertiary/aromatic N) is 3. The maximum Gasteiger partial charge on any atom is 0.354 e. The molecule has 3 amide bonds. The second-order valence-electron chi connectivity index (χ2n) is 5.02. The summed E-state index contributed by atoms with van der Waals surface area (Å²) in [6.07, 6.45) is 1.31. The van der Waals surface area contributed by atoms with E-state index in [2.05, 4.69) is 10.3 Å². The molecule has 1 atom stereocenters. The predicted molar refractivity (Wildman–Crippen MR) is 71.0 cm³/mol. The number of urea groups is 1. The van der Waals surface area contributed by atoms with Crippen LogP contribution in [0.5, 0.6) is 0 Å². The van der Waals surface area contributed by atoms with E-state index >= 15 is 0 Å². The summed E-state index contributed by atoms with van der Waals surface area (Å²) in [7, 11) is 0. The van der Waals surface area contributed by atoms with Gasteiger partial charge in [-0.15, -0.1) is 0 Å². The molecule has 1 aromatic rings. The summed E-state index contributed by atoms with van der Waals surface area (Å²) in [6.45, 7) is 1.90. The molecule has 3 rings (SSSR count). The highest BCUT2D eigenvalue weighted by Crippen LogP contribution is 2.16. The van der Waals surface area contributed by atoms with Crippen LogP contribution in [0.4, 0.5) is 4.79 Å². The number of rotatable bonds is 2. The van der Waals surface area contributed by atoms with Gasteiger partial charge >= 0.3 is 12.0 Å². The lowest BCUT2D eigenvalue weighted by Crippen LogP contribution is -2.53. The van der Waals surface area contributed by atoms with Crippen LogP contribution in [0.25, 0.3) is 0 Å². The normalized spacial score (nSPS) is 21.0. The smallest absolute Gasteiger partial charge is 0.354 e. The van der Waals surface area contributed by atoms with Crippen molar-refractivity contribution < 1.29 is 19.5 Å². The lowest BCUT2D eigenvalue weighted by Gasteiger charge is -2.36. The Morgan fingerprint density at radius 3 is 2.95 bits per heavy atom. The van der Waals surface area contributed by atoms with Gasteiger partial charge < -0.3 is 20.2 Å². The summed E-state index contributed by atoms with van der Waals surface area (Å²) in [4.78, 5) is 41.9. The molecule has 2 fully saturated rings. The first kappa shape index (κ1) is 13.3. The van der Waals surface area contributed by atoms with E-state index < -0.39 is 5.97 Å². The standard InChI is InChI=1S/C13H14N4O4/c18-11(8-1-2-14-10(5-8)12(19)20)16-3-4-17-9(7-16)6-15-13(17)21/h1-2,5,9H,3-4,6-7H2,(H,15,21)(H,19,20). The van der Waals surface area contributed by atoms with Crippen molar-refractivity contribution in [2.24, 2.45) is 0 Å². The van der Waals surface area contributed by atoms with Crippen LogP contribution >= 0.6 is 0 Å². The average molecular weight is 290 g/mol. The Morgan fingerprint density at radius 2 is 2.19 bits per heavy atom. The zero-order valence-corrected chi connectivity index (χ0v) is 11.2. The number of nitrogens with one attached hydrogen (secondary N) is 1. The highest BCUT2D eigenvalue weighted by molar-refractivity contribution is 5.96. The number of fused-ring (bicyclic) bond motifs is 1. The van der Waals surface area contributed by atoms with Gasteiger partial charge in [-0.25, -0.2) is 14.6 Å². The van der Waals surface area contributed by atoms with E-state index in [-0.39, 0.29) is 23.7 Å². The van der Waals surface area contributed by atoms with Crippen molar-refractivity contribution in [3.8, 4) is 0 Å². The van der Waals surface area contributed by atoms with E-state index in [0.29, 0.717) is 31.7 Å². The molecule has 2 N–H and O–H groups in total. The van der Waals surface area contributed by atoms with E-state index in [4.69, 9.17) is 5.11 Å². The molecule has 0 radical (unpaired) electrons. The van der Waals surface area contributed by atoms with Crippen LogP contribution in [0.1, 0.15) is 20.8 Å². The quantitative estimate of drug-likeness (QED) is 0.773. The summed E-state index contributed by atoms with van der Waals surface area (Å²) in [5.41, 5.74) is 0.144. The van der Waals surface area contributed by atoms with Crippen molar-refractivity contribution in [3.05, 3.63) is 29.6 Å². The molecule has 1 unspecified atom stereocenters. The minimum absolute atomic E-state index is 0.0176. The van der Waals surface area contributed by atoms with E-state index in [0.717, 1.165) is 0 Å². The number of carbonyl (C=O) groups is 3. The van der Waals surface area contributed by atoms with Gasteiger partial charge in [-0.3, -0.25) is 4.79 Å². The monoisotopic (exact) mass is 290 g/mol. The molecular formula is C13H14N4O4. The van der Waals surface area contributed by atoms with Gasteiger partial charge in [0.15, 0.2) is 0 Å². The molecule has 0 aliphatic carbocycles. The molecular weight excluding hydrogens is 276 g/mol. The molecule has 2 saturated heterocycles. The number of aromatic nitrogens is 1. The fourth-order valence-electron chi connectivity index (χ4n) is 2.65. The number of pyridine rings is 1. The number of hydrogen-bond acceptors (Lipinski definition) is 4. The molecule has 0 spiro atoms. The topological polar surface area (TPSA) is 103 Å². The van der Waals surface area contributed by atoms with Gasteiger partial charge in [-0.2, -0.15) is 0 Å². The molecule has 3 heterocycles. The Bertz CT molecular complexity index is 618. The van der Waals surface area contributed by atoms with Gasteiger partial charge in [0.05, 0.1) is 6.04 Å². The highest BCUT2D eigenvalue weighted by Gasteiger charge is 2.37. The number of aromatic carboxylic acids is 1. The molecule has 8 heteroatoms. The van der Waals surface area contributed by atoms with Crippen molar-refractivity contribution in [1.29, 1.82) is 0 Å². The third kappa shape index (κ3) is 2.39. The molecule has 2 aliphatic heterocycles. The SMILES string of the molecule is O=C(O)c1cc(C(=O)N2CCN3C(=O)NCC3C2)ccn1. The zero-order valence-electron chi connectivity index (χ0n) is 11.2. The van der Waals surface area contributed by atoms with Crippen LogP contribution in [0, 0.1) is 0 Å².